The molecule has 100 valence electrons. The van der Waals surface area contributed by atoms with Gasteiger partial charge in [0.25, 0.3) is 0 Å². The van der Waals surface area contributed by atoms with Crippen LogP contribution in [0.4, 0.5) is 11.5 Å². The second-order valence-corrected chi connectivity index (χ2v) is 4.42. The first kappa shape index (κ1) is 13.5. The molecule has 0 radical (unpaired) electrons. The van der Waals surface area contributed by atoms with Crippen LogP contribution in [0.3, 0.4) is 0 Å². The van der Waals surface area contributed by atoms with Gasteiger partial charge in [0, 0.05) is 24.3 Å². The minimum atomic E-state index is 0.473. The maximum Gasteiger partial charge on any atom is 0.160 e. The van der Waals surface area contributed by atoms with Gasteiger partial charge in [-0.05, 0) is 24.6 Å². The summed E-state index contributed by atoms with van der Waals surface area (Å²) in [4.78, 5) is 2.19. The van der Waals surface area contributed by atoms with Gasteiger partial charge in [-0.15, -0.1) is 5.10 Å². The number of benzene rings is 1. The fourth-order valence-electron chi connectivity index (χ4n) is 2.02. The number of para-hydroxylation sites is 1. The number of aromatic nitrogens is 2. The third-order valence-electron chi connectivity index (χ3n) is 3.06. The summed E-state index contributed by atoms with van der Waals surface area (Å²) in [7, 11) is 0. The number of hydrogen-bond acceptors (Lipinski definition) is 4. The van der Waals surface area contributed by atoms with Crippen LogP contribution >= 0.6 is 0 Å². The molecule has 0 saturated carbocycles. The van der Waals surface area contributed by atoms with Gasteiger partial charge in [-0.1, -0.05) is 31.5 Å². The zero-order chi connectivity index (χ0) is 13.5. The monoisotopic (exact) mass is 256 g/mol. The van der Waals surface area contributed by atoms with E-state index in [9.17, 15) is 0 Å². The molecule has 2 N–H and O–H groups in total. The van der Waals surface area contributed by atoms with Crippen molar-refractivity contribution < 1.29 is 0 Å². The predicted molar refractivity (Wildman–Crippen MR) is 78.3 cm³/mol. The molecule has 19 heavy (non-hydrogen) atoms. The summed E-state index contributed by atoms with van der Waals surface area (Å²) in [6, 6.07) is 12.2. The first-order chi connectivity index (χ1) is 9.36. The minimum Gasteiger partial charge on any atom is -0.326 e. The van der Waals surface area contributed by atoms with Gasteiger partial charge in [0.2, 0.25) is 0 Å². The van der Waals surface area contributed by atoms with E-state index < -0.39 is 0 Å². The highest BCUT2D eigenvalue weighted by atomic mass is 15.3. The zero-order valence-corrected chi connectivity index (χ0v) is 11.3. The Morgan fingerprint density at radius 1 is 1.16 bits per heavy atom. The first-order valence-electron chi connectivity index (χ1n) is 6.70. The number of unbranched alkanes of at least 4 members (excludes halogenated alkanes) is 1. The van der Waals surface area contributed by atoms with Gasteiger partial charge in [0.1, 0.15) is 0 Å². The molecule has 0 aliphatic heterocycles. The van der Waals surface area contributed by atoms with Gasteiger partial charge in [0.05, 0.1) is 6.20 Å². The lowest BCUT2D eigenvalue weighted by Gasteiger charge is -2.25. The normalized spacial score (nSPS) is 10.4. The van der Waals surface area contributed by atoms with Crippen molar-refractivity contribution in [1.82, 2.24) is 10.2 Å². The van der Waals surface area contributed by atoms with E-state index in [1.165, 1.54) is 0 Å². The third-order valence-corrected chi connectivity index (χ3v) is 3.06. The van der Waals surface area contributed by atoms with E-state index in [-0.39, 0.29) is 0 Å². The number of nitrogens with two attached hydrogens (primary N) is 1. The maximum absolute atomic E-state index is 5.80. The number of anilines is 2. The maximum atomic E-state index is 5.80. The number of hydrogen-bond donors (Lipinski definition) is 1. The van der Waals surface area contributed by atoms with Crippen molar-refractivity contribution in [2.45, 2.75) is 26.3 Å². The molecule has 0 fully saturated rings. The summed E-state index contributed by atoms with van der Waals surface area (Å²) in [6.07, 6.45) is 3.94. The lowest BCUT2D eigenvalue weighted by atomic mass is 10.2. The third kappa shape index (κ3) is 3.29. The van der Waals surface area contributed by atoms with Gasteiger partial charge < -0.3 is 10.6 Å². The van der Waals surface area contributed by atoms with Gasteiger partial charge in [-0.25, -0.2) is 0 Å². The van der Waals surface area contributed by atoms with E-state index in [4.69, 9.17) is 5.73 Å². The molecular formula is C15H20N4. The second kappa shape index (κ2) is 6.85. The molecule has 0 saturated heterocycles. The van der Waals surface area contributed by atoms with Crippen molar-refractivity contribution in [2.24, 2.45) is 5.73 Å². The Morgan fingerprint density at radius 2 is 1.95 bits per heavy atom. The van der Waals surface area contributed by atoms with Crippen molar-refractivity contribution in [3.05, 3.63) is 48.2 Å². The van der Waals surface area contributed by atoms with Crippen LogP contribution in [0.5, 0.6) is 0 Å². The molecule has 0 spiro atoms. The Kier molecular flexibility index (Phi) is 4.86. The number of rotatable bonds is 6. The Hall–Kier alpha value is -1.94. The molecule has 0 unspecified atom stereocenters. The van der Waals surface area contributed by atoms with E-state index in [0.717, 1.165) is 36.5 Å². The van der Waals surface area contributed by atoms with Crippen molar-refractivity contribution in [1.29, 1.82) is 0 Å². The average molecular weight is 256 g/mol. The number of nitrogens with zero attached hydrogens (tertiary/aromatic N) is 3. The Bertz CT molecular complexity index is 499. The highest BCUT2D eigenvalue weighted by molar-refractivity contribution is 5.62. The highest BCUT2D eigenvalue weighted by Crippen LogP contribution is 2.26. The Labute approximate surface area is 114 Å². The lowest BCUT2D eigenvalue weighted by Crippen LogP contribution is -2.22. The van der Waals surface area contributed by atoms with Crippen LogP contribution in [0.2, 0.25) is 0 Å². The predicted octanol–water partition coefficient (Wildman–Crippen LogP) is 2.87. The standard InChI is InChI=1S/C15H20N4/c1-2-3-11-19(14-7-5-4-6-8-14)15-13(12-16)9-10-17-18-15/h4-10H,2-3,11-12,16H2,1H3. The van der Waals surface area contributed by atoms with E-state index >= 15 is 0 Å². The van der Waals surface area contributed by atoms with E-state index in [2.05, 4.69) is 34.2 Å². The Morgan fingerprint density at radius 3 is 2.63 bits per heavy atom. The van der Waals surface area contributed by atoms with Crippen LogP contribution in [-0.2, 0) is 6.54 Å². The molecule has 0 aliphatic rings. The van der Waals surface area contributed by atoms with Crippen molar-refractivity contribution in [2.75, 3.05) is 11.4 Å². The molecule has 4 nitrogen and oxygen atoms in total. The molecule has 0 bridgehead atoms. The molecule has 2 rings (SSSR count). The van der Waals surface area contributed by atoms with E-state index in [0.29, 0.717) is 6.54 Å². The molecule has 0 amide bonds. The van der Waals surface area contributed by atoms with Gasteiger partial charge >= 0.3 is 0 Å². The SMILES string of the molecule is CCCCN(c1ccccc1)c1nnccc1CN. The second-order valence-electron chi connectivity index (χ2n) is 4.42. The van der Waals surface area contributed by atoms with Crippen molar-refractivity contribution >= 4 is 11.5 Å². The van der Waals surface area contributed by atoms with Crippen LogP contribution in [0.1, 0.15) is 25.3 Å². The van der Waals surface area contributed by atoms with Crippen LogP contribution in [0.25, 0.3) is 0 Å². The largest absolute Gasteiger partial charge is 0.326 e. The molecule has 0 atom stereocenters. The summed E-state index contributed by atoms with van der Waals surface area (Å²) in [5.41, 5.74) is 7.95. The lowest BCUT2D eigenvalue weighted by molar-refractivity contribution is 0.767. The van der Waals surface area contributed by atoms with E-state index in [1.54, 1.807) is 6.20 Å². The molecule has 4 heteroatoms. The van der Waals surface area contributed by atoms with Gasteiger partial charge in [-0.2, -0.15) is 5.10 Å². The smallest absolute Gasteiger partial charge is 0.160 e. The topological polar surface area (TPSA) is 55.0 Å². The van der Waals surface area contributed by atoms with Crippen LogP contribution in [-0.4, -0.2) is 16.7 Å². The van der Waals surface area contributed by atoms with Crippen LogP contribution in [0, 0.1) is 0 Å². The van der Waals surface area contributed by atoms with Gasteiger partial charge in [0.15, 0.2) is 5.82 Å². The van der Waals surface area contributed by atoms with Crippen LogP contribution in [0.15, 0.2) is 42.6 Å². The first-order valence-corrected chi connectivity index (χ1v) is 6.70. The summed E-state index contributed by atoms with van der Waals surface area (Å²) in [6.45, 7) is 3.58. The summed E-state index contributed by atoms with van der Waals surface area (Å²) >= 11 is 0. The fraction of sp³-hybridized carbons (Fsp3) is 0.333. The Balaban J connectivity index is 2.37. The average Bonchev–Trinajstić information content (AvgIpc) is 2.49. The molecule has 1 aromatic heterocycles. The minimum absolute atomic E-state index is 0.473. The summed E-state index contributed by atoms with van der Waals surface area (Å²) < 4.78 is 0. The molecule has 0 aliphatic carbocycles. The zero-order valence-electron chi connectivity index (χ0n) is 11.3. The summed E-state index contributed by atoms with van der Waals surface area (Å²) in [5.74, 6) is 0.865. The van der Waals surface area contributed by atoms with Gasteiger partial charge in [-0.3, -0.25) is 0 Å². The molecule has 1 heterocycles. The molecule has 1 aromatic carbocycles. The molecular weight excluding hydrogens is 236 g/mol. The summed E-state index contributed by atoms with van der Waals surface area (Å²) in [5, 5.41) is 8.28. The highest BCUT2D eigenvalue weighted by Gasteiger charge is 2.13. The quantitative estimate of drug-likeness (QED) is 0.863. The van der Waals surface area contributed by atoms with Crippen molar-refractivity contribution in [3.8, 4) is 0 Å². The van der Waals surface area contributed by atoms with Crippen molar-refractivity contribution in [3.63, 3.8) is 0 Å². The van der Waals surface area contributed by atoms with E-state index in [1.807, 2.05) is 24.3 Å². The van der Waals surface area contributed by atoms with Crippen LogP contribution < -0.4 is 10.6 Å². The fourth-order valence-corrected chi connectivity index (χ4v) is 2.02. The molecule has 2 aromatic rings.